The van der Waals surface area contributed by atoms with Crippen molar-refractivity contribution in [1.82, 2.24) is 14.5 Å². The van der Waals surface area contributed by atoms with E-state index in [-0.39, 0.29) is 11.1 Å². The SMILES string of the molecule is O=C(O)c1cccc(-n2c(/C=C/c3cccnc3)nc3ccc(I)cc3c2=O)c1. The van der Waals surface area contributed by atoms with Crippen molar-refractivity contribution < 1.29 is 9.90 Å². The lowest BCUT2D eigenvalue weighted by atomic mass is 10.2. The zero-order chi connectivity index (χ0) is 20.4. The fourth-order valence-corrected chi connectivity index (χ4v) is 3.45. The molecule has 2 aromatic heterocycles. The molecule has 0 radical (unpaired) electrons. The lowest BCUT2D eigenvalue weighted by Crippen LogP contribution is -2.22. The molecule has 0 bridgehead atoms. The summed E-state index contributed by atoms with van der Waals surface area (Å²) in [6.07, 6.45) is 6.92. The van der Waals surface area contributed by atoms with Gasteiger partial charge in [-0.15, -0.1) is 0 Å². The van der Waals surface area contributed by atoms with Crippen LogP contribution in [-0.2, 0) is 0 Å². The summed E-state index contributed by atoms with van der Waals surface area (Å²) >= 11 is 2.14. The van der Waals surface area contributed by atoms with Crippen LogP contribution in [0.4, 0.5) is 0 Å². The van der Waals surface area contributed by atoms with Crippen molar-refractivity contribution in [3.8, 4) is 5.69 Å². The number of carboxylic acid groups (broad SMARTS) is 1. The number of aromatic carboxylic acids is 1. The van der Waals surface area contributed by atoms with Crippen molar-refractivity contribution in [1.29, 1.82) is 0 Å². The summed E-state index contributed by atoms with van der Waals surface area (Å²) in [4.78, 5) is 33.4. The molecule has 0 aliphatic rings. The maximum absolute atomic E-state index is 13.3. The number of fused-ring (bicyclic) bond motifs is 1. The van der Waals surface area contributed by atoms with Crippen molar-refractivity contribution in [3.63, 3.8) is 0 Å². The van der Waals surface area contributed by atoms with Gasteiger partial charge in [0.2, 0.25) is 0 Å². The van der Waals surface area contributed by atoms with Crippen LogP contribution in [-0.4, -0.2) is 25.6 Å². The second-order valence-electron chi connectivity index (χ2n) is 6.25. The summed E-state index contributed by atoms with van der Waals surface area (Å²) in [7, 11) is 0. The van der Waals surface area contributed by atoms with E-state index < -0.39 is 5.97 Å². The van der Waals surface area contributed by atoms with Crippen molar-refractivity contribution >= 4 is 51.6 Å². The smallest absolute Gasteiger partial charge is 0.335 e. The number of pyridine rings is 1. The number of hydrogen-bond donors (Lipinski definition) is 1. The summed E-state index contributed by atoms with van der Waals surface area (Å²) in [5.74, 6) is -0.661. The first-order valence-electron chi connectivity index (χ1n) is 8.67. The van der Waals surface area contributed by atoms with Gasteiger partial charge in [-0.05, 0) is 82.8 Å². The molecule has 1 N–H and O–H groups in total. The summed E-state index contributed by atoms with van der Waals surface area (Å²) in [6, 6.07) is 15.4. The van der Waals surface area contributed by atoms with Crippen LogP contribution in [0.5, 0.6) is 0 Å². The molecule has 0 fully saturated rings. The van der Waals surface area contributed by atoms with E-state index in [0.717, 1.165) is 9.13 Å². The molecule has 4 aromatic rings. The third-order valence-electron chi connectivity index (χ3n) is 4.32. The second-order valence-corrected chi connectivity index (χ2v) is 7.49. The molecule has 0 aliphatic heterocycles. The van der Waals surface area contributed by atoms with Gasteiger partial charge in [-0.3, -0.25) is 14.3 Å². The highest BCUT2D eigenvalue weighted by atomic mass is 127. The number of halogens is 1. The van der Waals surface area contributed by atoms with Crippen molar-refractivity contribution in [2.24, 2.45) is 0 Å². The number of hydrogen-bond acceptors (Lipinski definition) is 4. The number of aromatic nitrogens is 3. The molecule has 0 unspecified atom stereocenters. The lowest BCUT2D eigenvalue weighted by Gasteiger charge is -2.12. The van der Waals surface area contributed by atoms with Crippen molar-refractivity contribution in [3.05, 3.63) is 97.9 Å². The molecular formula is C22H14IN3O3. The largest absolute Gasteiger partial charge is 0.478 e. The predicted octanol–water partition coefficient (Wildman–Crippen LogP) is 4.25. The van der Waals surface area contributed by atoms with Gasteiger partial charge in [-0.25, -0.2) is 9.78 Å². The van der Waals surface area contributed by atoms with Gasteiger partial charge in [0.1, 0.15) is 5.82 Å². The molecule has 0 atom stereocenters. The summed E-state index contributed by atoms with van der Waals surface area (Å²) in [5, 5.41) is 9.80. The van der Waals surface area contributed by atoms with Gasteiger partial charge in [0, 0.05) is 16.0 Å². The van der Waals surface area contributed by atoms with Crippen LogP contribution in [0.1, 0.15) is 21.7 Å². The highest BCUT2D eigenvalue weighted by molar-refractivity contribution is 14.1. The minimum absolute atomic E-state index is 0.0966. The molecule has 29 heavy (non-hydrogen) atoms. The van der Waals surface area contributed by atoms with Gasteiger partial charge in [0.15, 0.2) is 0 Å². The Kier molecular flexibility index (Phi) is 5.22. The Labute approximate surface area is 179 Å². The van der Waals surface area contributed by atoms with Gasteiger partial charge in [0.05, 0.1) is 22.2 Å². The molecular weight excluding hydrogens is 481 g/mol. The first-order valence-corrected chi connectivity index (χ1v) is 9.75. The summed E-state index contributed by atoms with van der Waals surface area (Å²) < 4.78 is 2.34. The van der Waals surface area contributed by atoms with E-state index in [1.807, 2.05) is 24.3 Å². The van der Waals surface area contributed by atoms with E-state index >= 15 is 0 Å². The predicted molar refractivity (Wildman–Crippen MR) is 120 cm³/mol. The molecule has 0 aliphatic carbocycles. The van der Waals surface area contributed by atoms with E-state index in [1.165, 1.54) is 16.7 Å². The molecule has 4 rings (SSSR count). The Bertz CT molecular complexity index is 1310. The molecule has 0 amide bonds. The monoisotopic (exact) mass is 495 g/mol. The van der Waals surface area contributed by atoms with Crippen LogP contribution in [0.2, 0.25) is 0 Å². The second kappa shape index (κ2) is 7.96. The van der Waals surface area contributed by atoms with Gasteiger partial charge in [0.25, 0.3) is 5.56 Å². The normalized spacial score (nSPS) is 11.2. The summed E-state index contributed by atoms with van der Waals surface area (Å²) in [5.41, 5.74) is 1.71. The zero-order valence-electron chi connectivity index (χ0n) is 15.0. The van der Waals surface area contributed by atoms with E-state index in [9.17, 15) is 14.7 Å². The van der Waals surface area contributed by atoms with Crippen molar-refractivity contribution in [2.75, 3.05) is 0 Å². The standard InChI is InChI=1S/C22H14IN3O3/c23-16-7-8-19-18(12-16)21(27)26(17-5-1-4-15(11-17)22(28)29)20(25-19)9-6-14-3-2-10-24-13-14/h1-13H,(H,28,29)/b9-6+. The molecule has 0 spiro atoms. The van der Waals surface area contributed by atoms with E-state index in [0.29, 0.717) is 22.4 Å². The van der Waals surface area contributed by atoms with Crippen LogP contribution in [0.25, 0.3) is 28.7 Å². The molecule has 2 heterocycles. The van der Waals surface area contributed by atoms with E-state index in [1.54, 1.807) is 42.7 Å². The highest BCUT2D eigenvalue weighted by Crippen LogP contribution is 2.18. The Hall–Kier alpha value is -3.33. The van der Waals surface area contributed by atoms with Gasteiger partial charge in [-0.1, -0.05) is 12.1 Å². The average Bonchev–Trinajstić information content (AvgIpc) is 2.73. The molecule has 0 saturated heterocycles. The zero-order valence-corrected chi connectivity index (χ0v) is 17.1. The van der Waals surface area contributed by atoms with Crippen LogP contribution in [0.3, 0.4) is 0 Å². The molecule has 2 aromatic carbocycles. The fraction of sp³-hybridized carbons (Fsp3) is 0. The third-order valence-corrected chi connectivity index (χ3v) is 4.99. The van der Waals surface area contributed by atoms with Gasteiger partial charge in [-0.2, -0.15) is 0 Å². The van der Waals surface area contributed by atoms with Crippen LogP contribution in [0.15, 0.2) is 71.8 Å². The van der Waals surface area contributed by atoms with E-state index in [2.05, 4.69) is 32.6 Å². The first kappa shape index (κ1) is 19.0. The Morgan fingerprint density at radius 2 is 1.93 bits per heavy atom. The topological polar surface area (TPSA) is 85.1 Å². The number of rotatable bonds is 4. The molecule has 142 valence electrons. The van der Waals surface area contributed by atoms with Gasteiger partial charge < -0.3 is 5.11 Å². The maximum Gasteiger partial charge on any atom is 0.335 e. The molecule has 0 saturated carbocycles. The van der Waals surface area contributed by atoms with E-state index in [4.69, 9.17) is 0 Å². The maximum atomic E-state index is 13.3. The van der Waals surface area contributed by atoms with Crippen molar-refractivity contribution in [2.45, 2.75) is 0 Å². The van der Waals surface area contributed by atoms with Crippen LogP contribution < -0.4 is 5.56 Å². The molecule has 6 nitrogen and oxygen atoms in total. The first-order chi connectivity index (χ1) is 14.0. The number of carboxylic acids is 1. The minimum Gasteiger partial charge on any atom is -0.478 e. The van der Waals surface area contributed by atoms with Crippen LogP contribution in [0, 0.1) is 3.57 Å². The minimum atomic E-state index is -1.06. The lowest BCUT2D eigenvalue weighted by molar-refractivity contribution is 0.0697. The Balaban J connectivity index is 1.98. The Morgan fingerprint density at radius 1 is 1.07 bits per heavy atom. The number of carbonyl (C=O) groups is 1. The van der Waals surface area contributed by atoms with Crippen LogP contribution >= 0.6 is 22.6 Å². The quantitative estimate of drug-likeness (QED) is 0.428. The van der Waals surface area contributed by atoms with Gasteiger partial charge >= 0.3 is 5.97 Å². The highest BCUT2D eigenvalue weighted by Gasteiger charge is 2.13. The average molecular weight is 495 g/mol. The third kappa shape index (κ3) is 3.95. The Morgan fingerprint density at radius 3 is 2.69 bits per heavy atom. The number of benzene rings is 2. The number of nitrogens with zero attached hydrogens (tertiary/aromatic N) is 3. The summed E-state index contributed by atoms with van der Waals surface area (Å²) in [6.45, 7) is 0. The molecule has 7 heteroatoms. The fourth-order valence-electron chi connectivity index (χ4n) is 2.96.